The lowest BCUT2D eigenvalue weighted by Gasteiger charge is -2.20. The van der Waals surface area contributed by atoms with Crippen LogP contribution in [0.4, 0.5) is 0 Å². The number of rotatable bonds is 2. The number of esters is 1. The second kappa shape index (κ2) is 5.59. The molecule has 0 atom stereocenters. The van der Waals surface area contributed by atoms with Gasteiger partial charge in [-0.15, -0.1) is 0 Å². The summed E-state index contributed by atoms with van der Waals surface area (Å²) in [4.78, 5) is 24.6. The minimum atomic E-state index is -0.599. The monoisotopic (exact) mass is 302 g/mol. The van der Waals surface area contributed by atoms with Crippen molar-refractivity contribution in [3.05, 3.63) is 44.8 Å². The van der Waals surface area contributed by atoms with Gasteiger partial charge >= 0.3 is 5.97 Å². The molecule has 4 nitrogen and oxygen atoms in total. The number of carbonyl (C=O) groups is 1. The fourth-order valence-corrected chi connectivity index (χ4v) is 2.39. The Bertz CT molecular complexity index is 791. The molecule has 4 heteroatoms. The lowest BCUT2D eigenvalue weighted by molar-refractivity contribution is 0.0489. The maximum absolute atomic E-state index is 12.6. The SMILES string of the molecule is CCOC(=O)c1oc2c(C)cc(C(C)(C)C)cc2c(=O)c1C. The van der Waals surface area contributed by atoms with E-state index in [1.807, 2.05) is 19.1 Å². The minimum absolute atomic E-state index is 0.00837. The summed E-state index contributed by atoms with van der Waals surface area (Å²) in [6.07, 6.45) is 0. The van der Waals surface area contributed by atoms with Crippen molar-refractivity contribution < 1.29 is 13.9 Å². The van der Waals surface area contributed by atoms with Crippen molar-refractivity contribution in [3.63, 3.8) is 0 Å². The number of ether oxygens (including phenoxy) is 1. The standard InChI is InChI=1S/C18H22O4/c1-7-21-17(20)16-11(3)14(19)13-9-12(18(4,5)6)8-10(2)15(13)22-16/h8-9H,7H2,1-6H3. The predicted octanol–water partition coefficient (Wildman–Crippen LogP) is 3.88. The summed E-state index contributed by atoms with van der Waals surface area (Å²) >= 11 is 0. The lowest BCUT2D eigenvalue weighted by atomic mass is 9.85. The van der Waals surface area contributed by atoms with Crippen LogP contribution in [0.2, 0.25) is 0 Å². The third-order valence-electron chi connectivity index (χ3n) is 3.73. The van der Waals surface area contributed by atoms with E-state index in [0.717, 1.165) is 11.1 Å². The van der Waals surface area contributed by atoms with Gasteiger partial charge in [-0.2, -0.15) is 0 Å². The first-order chi connectivity index (χ1) is 10.2. The van der Waals surface area contributed by atoms with E-state index < -0.39 is 5.97 Å². The first-order valence-electron chi connectivity index (χ1n) is 7.42. The molecule has 2 rings (SSSR count). The Morgan fingerprint density at radius 3 is 2.41 bits per heavy atom. The third kappa shape index (κ3) is 2.78. The summed E-state index contributed by atoms with van der Waals surface area (Å²) in [6.45, 7) is 11.7. The Hall–Kier alpha value is -2.10. The van der Waals surface area contributed by atoms with Crippen LogP contribution in [0, 0.1) is 13.8 Å². The molecule has 22 heavy (non-hydrogen) atoms. The molecule has 0 aliphatic heterocycles. The smallest absolute Gasteiger partial charge is 0.374 e. The van der Waals surface area contributed by atoms with Crippen molar-refractivity contribution in [3.8, 4) is 0 Å². The van der Waals surface area contributed by atoms with Crippen LogP contribution in [0.25, 0.3) is 11.0 Å². The number of hydrogen-bond acceptors (Lipinski definition) is 4. The van der Waals surface area contributed by atoms with Crippen molar-refractivity contribution >= 4 is 16.9 Å². The Kier molecular flexibility index (Phi) is 4.14. The second-order valence-corrected chi connectivity index (χ2v) is 6.53. The van der Waals surface area contributed by atoms with E-state index in [0.29, 0.717) is 11.0 Å². The molecule has 1 aromatic heterocycles. The van der Waals surface area contributed by atoms with E-state index >= 15 is 0 Å². The summed E-state index contributed by atoms with van der Waals surface area (Å²) < 4.78 is 10.7. The van der Waals surface area contributed by atoms with Crippen LogP contribution in [0.15, 0.2) is 21.3 Å². The third-order valence-corrected chi connectivity index (χ3v) is 3.73. The van der Waals surface area contributed by atoms with Crippen LogP contribution in [-0.4, -0.2) is 12.6 Å². The van der Waals surface area contributed by atoms with Crippen molar-refractivity contribution in [1.82, 2.24) is 0 Å². The first kappa shape index (κ1) is 16.3. The van der Waals surface area contributed by atoms with Crippen LogP contribution < -0.4 is 5.43 Å². The highest BCUT2D eigenvalue weighted by Gasteiger charge is 2.22. The highest BCUT2D eigenvalue weighted by Crippen LogP contribution is 2.28. The van der Waals surface area contributed by atoms with Gasteiger partial charge in [0.05, 0.1) is 12.0 Å². The normalized spacial score (nSPS) is 11.7. The zero-order valence-electron chi connectivity index (χ0n) is 14.0. The van der Waals surface area contributed by atoms with Gasteiger partial charge in [-0.25, -0.2) is 4.79 Å². The van der Waals surface area contributed by atoms with Gasteiger partial charge in [0.15, 0.2) is 5.43 Å². The number of carbonyl (C=O) groups excluding carboxylic acids is 1. The van der Waals surface area contributed by atoms with E-state index in [1.165, 1.54) is 0 Å². The van der Waals surface area contributed by atoms with E-state index in [1.54, 1.807) is 13.8 Å². The van der Waals surface area contributed by atoms with E-state index in [2.05, 4.69) is 20.8 Å². The van der Waals surface area contributed by atoms with Crippen molar-refractivity contribution in [2.45, 2.75) is 47.0 Å². The van der Waals surface area contributed by atoms with E-state index in [9.17, 15) is 9.59 Å². The molecule has 0 aliphatic rings. The number of fused-ring (bicyclic) bond motifs is 1. The highest BCUT2D eigenvalue weighted by atomic mass is 16.5. The van der Waals surface area contributed by atoms with Gasteiger partial charge in [-0.3, -0.25) is 4.79 Å². The Balaban J connectivity index is 2.80. The Morgan fingerprint density at radius 2 is 1.86 bits per heavy atom. The van der Waals surface area contributed by atoms with Crippen molar-refractivity contribution in [1.29, 1.82) is 0 Å². The maximum Gasteiger partial charge on any atom is 0.374 e. The molecule has 0 aliphatic carbocycles. The molecule has 1 aromatic carbocycles. The van der Waals surface area contributed by atoms with E-state index in [4.69, 9.17) is 9.15 Å². The molecule has 0 amide bonds. The molecule has 2 aromatic rings. The van der Waals surface area contributed by atoms with Crippen molar-refractivity contribution in [2.75, 3.05) is 6.61 Å². The molecule has 118 valence electrons. The van der Waals surface area contributed by atoms with Gasteiger partial charge in [0.2, 0.25) is 5.76 Å². The molecular formula is C18H22O4. The summed E-state index contributed by atoms with van der Waals surface area (Å²) in [5.41, 5.74) is 2.39. The summed E-state index contributed by atoms with van der Waals surface area (Å²) in [7, 11) is 0. The Labute approximate surface area is 130 Å². The quantitative estimate of drug-likeness (QED) is 0.790. The molecule has 0 bridgehead atoms. The van der Waals surface area contributed by atoms with Crippen LogP contribution in [0.3, 0.4) is 0 Å². The average Bonchev–Trinajstić information content (AvgIpc) is 2.42. The first-order valence-corrected chi connectivity index (χ1v) is 7.42. The molecule has 0 N–H and O–H groups in total. The molecular weight excluding hydrogens is 280 g/mol. The molecule has 0 spiro atoms. The lowest BCUT2D eigenvalue weighted by Crippen LogP contribution is -2.17. The molecule has 0 saturated carbocycles. The van der Waals surface area contributed by atoms with Crippen LogP contribution in [-0.2, 0) is 10.2 Å². The Morgan fingerprint density at radius 1 is 1.23 bits per heavy atom. The minimum Gasteiger partial charge on any atom is -0.460 e. The molecule has 0 fully saturated rings. The van der Waals surface area contributed by atoms with Crippen molar-refractivity contribution in [2.24, 2.45) is 0 Å². The van der Waals surface area contributed by atoms with Gasteiger partial charge in [0.1, 0.15) is 5.58 Å². The molecule has 0 unspecified atom stereocenters. The van der Waals surface area contributed by atoms with Crippen LogP contribution >= 0.6 is 0 Å². The zero-order valence-corrected chi connectivity index (χ0v) is 14.0. The largest absolute Gasteiger partial charge is 0.460 e. The van der Waals surface area contributed by atoms with Gasteiger partial charge in [-0.05, 0) is 43.4 Å². The number of hydrogen-bond donors (Lipinski definition) is 0. The van der Waals surface area contributed by atoms with Gasteiger partial charge in [-0.1, -0.05) is 26.8 Å². The summed E-state index contributed by atoms with van der Waals surface area (Å²) in [5, 5.41) is 0.510. The average molecular weight is 302 g/mol. The van der Waals surface area contributed by atoms with Gasteiger partial charge in [0.25, 0.3) is 0 Å². The van der Waals surface area contributed by atoms with Gasteiger partial charge in [0, 0.05) is 5.56 Å². The van der Waals surface area contributed by atoms with Crippen LogP contribution in [0.1, 0.15) is 54.9 Å². The topological polar surface area (TPSA) is 56.5 Å². The number of aryl methyl sites for hydroxylation is 1. The zero-order chi connectivity index (χ0) is 16.7. The number of benzene rings is 1. The van der Waals surface area contributed by atoms with Gasteiger partial charge < -0.3 is 9.15 Å². The maximum atomic E-state index is 12.6. The predicted molar refractivity (Wildman–Crippen MR) is 86.6 cm³/mol. The van der Waals surface area contributed by atoms with E-state index in [-0.39, 0.29) is 28.8 Å². The van der Waals surface area contributed by atoms with Crippen LogP contribution in [0.5, 0.6) is 0 Å². The molecule has 1 heterocycles. The molecule has 0 saturated heterocycles. The summed E-state index contributed by atoms with van der Waals surface area (Å²) in [5.74, 6) is -0.607. The summed E-state index contributed by atoms with van der Waals surface area (Å²) in [6, 6.07) is 3.85. The molecule has 0 radical (unpaired) electrons. The highest BCUT2D eigenvalue weighted by molar-refractivity contribution is 5.91. The fourth-order valence-electron chi connectivity index (χ4n) is 2.39. The second-order valence-electron chi connectivity index (χ2n) is 6.53. The fraction of sp³-hybridized carbons (Fsp3) is 0.444.